The molecule has 6 aromatic carbocycles. The summed E-state index contributed by atoms with van der Waals surface area (Å²) in [6.45, 7) is 16.1. The molecule has 3 amide bonds. The molecule has 111 heavy (non-hydrogen) atoms. The first-order valence-electron chi connectivity index (χ1n) is 36.6. The molecule has 0 radical (unpaired) electrons. The number of rotatable bonds is 15. The summed E-state index contributed by atoms with van der Waals surface area (Å²) in [5.74, 6) is -4.01. The van der Waals surface area contributed by atoms with Gasteiger partial charge in [-0.25, -0.2) is 41.3 Å². The van der Waals surface area contributed by atoms with E-state index in [9.17, 15) is 56.0 Å². The molecular weight excluding hydrogens is 1500 g/mol. The Morgan fingerprint density at radius 2 is 0.649 bits per heavy atom. The third-order valence-corrected chi connectivity index (χ3v) is 20.1. The van der Waals surface area contributed by atoms with Gasteiger partial charge >= 0.3 is 0 Å². The van der Waals surface area contributed by atoms with Crippen molar-refractivity contribution in [1.29, 1.82) is 0 Å². The van der Waals surface area contributed by atoms with Gasteiger partial charge in [-0.1, -0.05) is 0 Å². The Balaban J connectivity index is 0.000000175. The van der Waals surface area contributed by atoms with Gasteiger partial charge in [0.15, 0.2) is 34.9 Å². The number of fused-ring (bicyclic) bond motifs is 3. The predicted molar refractivity (Wildman–Crippen MR) is 427 cm³/mol. The minimum absolute atomic E-state index is 0. The standard InChI is InChI=1S/3C26H29F2N5O3.3H2S/c3*1-16(30-18-4-5-21(27)22(28)13-18)20-11-17(26(35)33-6-2-3-19(34)15-33)12-23-25(20)31-24(14-29-23)32-7-9-36-10-8-32;;;/h3*4-5,11-14,16,19,30,34H,2-3,6-10,15H2,1H3;3*1H2/t3*16?,19-;;;/m000.../s1. The van der Waals surface area contributed by atoms with Crippen molar-refractivity contribution in [3.05, 3.63) is 178 Å². The van der Waals surface area contributed by atoms with Gasteiger partial charge in [0.05, 0.1) is 128 Å². The molecule has 6 atom stereocenters. The fraction of sp³-hybridized carbons (Fsp3) is 0.423. The van der Waals surface area contributed by atoms with Crippen molar-refractivity contribution in [2.75, 3.05) is 149 Å². The molecule has 33 heteroatoms. The Hall–Kier alpha value is -9.06. The van der Waals surface area contributed by atoms with E-state index in [2.05, 4.69) is 45.6 Å². The number of nitrogens with one attached hydrogen (secondary N) is 3. The average Bonchev–Trinajstić information content (AvgIpc) is 0.783. The maximum atomic E-state index is 13.8. The number of hydrogen-bond donors (Lipinski definition) is 6. The number of aliphatic hydroxyl groups is 3. The topological polar surface area (TPSA) is 272 Å². The Bertz CT molecular complexity index is 4290. The van der Waals surface area contributed by atoms with Crippen LogP contribution in [0.25, 0.3) is 33.1 Å². The number of hydrogen-bond acceptors (Lipinski definition) is 21. The molecule has 0 bridgehead atoms. The van der Waals surface area contributed by atoms with Gasteiger partial charge in [0, 0.05) is 147 Å². The van der Waals surface area contributed by atoms with Gasteiger partial charge in [-0.2, -0.15) is 40.5 Å². The summed E-state index contributed by atoms with van der Waals surface area (Å²) in [6, 6.07) is 20.2. The monoisotopic (exact) mass is 1590 g/mol. The summed E-state index contributed by atoms with van der Waals surface area (Å²) < 4.78 is 98.1. The number of carbonyl (C=O) groups is 3. The van der Waals surface area contributed by atoms with E-state index in [-0.39, 0.29) is 77.8 Å². The van der Waals surface area contributed by atoms with Crippen LogP contribution in [-0.2, 0) is 14.2 Å². The molecule has 6 aliphatic heterocycles. The molecule has 0 spiro atoms. The number of amides is 3. The molecule has 24 nitrogen and oxygen atoms in total. The Morgan fingerprint density at radius 1 is 0.387 bits per heavy atom. The second-order valence-corrected chi connectivity index (χ2v) is 27.9. The maximum Gasteiger partial charge on any atom is 0.254 e. The molecular formula is C78H93F6N15O9S3. The second-order valence-electron chi connectivity index (χ2n) is 27.9. The van der Waals surface area contributed by atoms with Crippen LogP contribution in [0.3, 0.4) is 0 Å². The third kappa shape index (κ3) is 20.6. The maximum absolute atomic E-state index is 13.8. The average molecular weight is 1590 g/mol. The van der Waals surface area contributed by atoms with Gasteiger partial charge in [-0.05, 0) is 132 Å². The molecule has 9 heterocycles. The lowest BCUT2D eigenvalue weighted by atomic mass is 10.00. The number of likely N-dealkylation sites (tertiary alicyclic amines) is 3. The van der Waals surface area contributed by atoms with Crippen molar-refractivity contribution in [2.24, 2.45) is 0 Å². The molecule has 6 saturated heterocycles. The van der Waals surface area contributed by atoms with Gasteiger partial charge in [0.1, 0.15) is 17.5 Å². The molecule has 0 saturated carbocycles. The number of carbonyl (C=O) groups excluding carboxylic acids is 3. The van der Waals surface area contributed by atoms with Crippen molar-refractivity contribution in [1.82, 2.24) is 44.6 Å². The van der Waals surface area contributed by atoms with Gasteiger partial charge < -0.3 is 74.9 Å². The van der Waals surface area contributed by atoms with E-state index in [1.807, 2.05) is 20.8 Å². The van der Waals surface area contributed by atoms with Crippen molar-refractivity contribution in [3.8, 4) is 0 Å². The van der Waals surface area contributed by atoms with Crippen molar-refractivity contribution < 1.29 is 70.3 Å². The van der Waals surface area contributed by atoms with Gasteiger partial charge in [-0.15, -0.1) is 0 Å². The quantitative estimate of drug-likeness (QED) is 0.0521. The van der Waals surface area contributed by atoms with E-state index < -0.39 is 71.3 Å². The lowest BCUT2D eigenvalue weighted by Crippen LogP contribution is -2.42. The summed E-state index contributed by atoms with van der Waals surface area (Å²) in [5, 5.41) is 39.8. The lowest BCUT2D eigenvalue weighted by Gasteiger charge is -2.30. The van der Waals surface area contributed by atoms with Crippen LogP contribution in [0.4, 0.5) is 60.9 Å². The summed E-state index contributed by atoms with van der Waals surface area (Å²) >= 11 is 0. The molecule has 15 rings (SSSR count). The summed E-state index contributed by atoms with van der Waals surface area (Å²) in [7, 11) is 0. The normalized spacial score (nSPS) is 18.9. The zero-order valence-electron chi connectivity index (χ0n) is 61.8. The fourth-order valence-corrected chi connectivity index (χ4v) is 14.3. The largest absolute Gasteiger partial charge is 0.391 e. The molecule has 6 fully saturated rings. The van der Waals surface area contributed by atoms with Crippen LogP contribution in [0, 0.1) is 34.9 Å². The number of anilines is 6. The number of piperidine rings is 3. The number of nitrogens with zero attached hydrogens (tertiary/aromatic N) is 12. The van der Waals surface area contributed by atoms with Crippen molar-refractivity contribution in [3.63, 3.8) is 0 Å². The summed E-state index contributed by atoms with van der Waals surface area (Å²) in [5.41, 5.74) is 8.22. The number of aromatic nitrogens is 6. The van der Waals surface area contributed by atoms with Crippen LogP contribution in [-0.4, -0.2) is 214 Å². The van der Waals surface area contributed by atoms with E-state index in [4.69, 9.17) is 29.2 Å². The zero-order chi connectivity index (χ0) is 75.7. The Morgan fingerprint density at radius 3 is 0.892 bits per heavy atom. The summed E-state index contributed by atoms with van der Waals surface area (Å²) in [6.07, 6.45) is 7.75. The second kappa shape index (κ2) is 38.4. The minimum Gasteiger partial charge on any atom is -0.391 e. The lowest BCUT2D eigenvalue weighted by molar-refractivity contribution is 0.0472. The fourth-order valence-electron chi connectivity index (χ4n) is 14.3. The highest BCUT2D eigenvalue weighted by Crippen LogP contribution is 2.35. The number of halogens is 6. The summed E-state index contributed by atoms with van der Waals surface area (Å²) in [4.78, 5) is 79.9. The number of β-amino-alcohol motifs (C(OH)–C–C–N with tert-alkyl or cyclic N) is 3. The van der Waals surface area contributed by atoms with Gasteiger partial charge in [0.25, 0.3) is 17.7 Å². The van der Waals surface area contributed by atoms with E-state index in [1.165, 1.54) is 18.2 Å². The van der Waals surface area contributed by atoms with Crippen LogP contribution >= 0.6 is 40.5 Å². The van der Waals surface area contributed by atoms with E-state index in [0.29, 0.717) is 219 Å². The molecule has 6 aliphatic rings. The van der Waals surface area contributed by atoms with Crippen LogP contribution in [0.1, 0.15) is 125 Å². The highest BCUT2D eigenvalue weighted by atomic mass is 32.1. The van der Waals surface area contributed by atoms with Gasteiger partial charge in [0.2, 0.25) is 0 Å². The van der Waals surface area contributed by atoms with E-state index in [1.54, 1.807) is 69.7 Å². The van der Waals surface area contributed by atoms with Crippen molar-refractivity contribution >= 4 is 126 Å². The minimum atomic E-state index is -0.945. The highest BCUT2D eigenvalue weighted by molar-refractivity contribution is 7.59. The van der Waals surface area contributed by atoms with Crippen LogP contribution in [0.5, 0.6) is 0 Å². The van der Waals surface area contributed by atoms with Crippen molar-refractivity contribution in [2.45, 2.75) is 95.7 Å². The predicted octanol–water partition coefficient (Wildman–Crippen LogP) is 10.9. The number of ether oxygens (including phenoxy) is 3. The van der Waals surface area contributed by atoms with Crippen LogP contribution in [0.15, 0.2) is 110 Å². The Labute approximate surface area is 659 Å². The van der Waals surface area contributed by atoms with Gasteiger partial charge in [-0.3, -0.25) is 29.3 Å². The van der Waals surface area contributed by atoms with Crippen LogP contribution < -0.4 is 30.7 Å². The Kier molecular flexibility index (Phi) is 29.2. The number of aliphatic hydroxyl groups excluding tert-OH is 3. The first-order chi connectivity index (χ1) is 52.2. The molecule has 3 unspecified atom stereocenters. The molecule has 594 valence electrons. The smallest absolute Gasteiger partial charge is 0.254 e. The zero-order valence-corrected chi connectivity index (χ0v) is 64.8. The number of morpholine rings is 3. The molecule has 6 N–H and O–H groups in total. The SMILES string of the molecule is CC(Nc1ccc(F)c(F)c1)c1cc(C(=O)N2CCC[C@H](O)C2)cc2ncc(N3CCOCC3)nc12.CC(Nc1ccc(F)c(F)c1)c1cc(C(=O)N2CCC[C@H](O)C2)cc2ncc(N3CCOCC3)nc12.CC(Nc1ccc(F)c(F)c1)c1cc(C(=O)N2CCC[C@H](O)C2)cc2ncc(N3CCOCC3)nc12.S.S.S. The van der Waals surface area contributed by atoms with Crippen LogP contribution in [0.2, 0.25) is 0 Å². The third-order valence-electron chi connectivity index (χ3n) is 20.1. The molecule has 3 aromatic heterocycles. The first-order valence-corrected chi connectivity index (χ1v) is 36.6. The van der Waals surface area contributed by atoms with E-state index >= 15 is 0 Å². The highest BCUT2D eigenvalue weighted by Gasteiger charge is 2.31. The number of benzene rings is 6. The first kappa shape index (κ1) is 84.4. The van der Waals surface area contributed by atoms with E-state index in [0.717, 1.165) is 55.7 Å². The molecule has 9 aromatic rings. The molecule has 0 aliphatic carbocycles.